The van der Waals surface area contributed by atoms with Gasteiger partial charge in [0.05, 0.1) is 0 Å². The molecular weight excluding hydrogens is 261 g/mol. The van der Waals surface area contributed by atoms with E-state index >= 15 is 0 Å². The van der Waals surface area contributed by atoms with Crippen LogP contribution in [0.5, 0.6) is 0 Å². The summed E-state index contributed by atoms with van der Waals surface area (Å²) in [4.78, 5) is 0. The molecule has 2 heteroatoms. The molecule has 2 aliphatic rings. The van der Waals surface area contributed by atoms with Gasteiger partial charge in [0.1, 0.15) is 5.82 Å². The molecule has 2 fully saturated rings. The molecule has 1 unspecified atom stereocenters. The maximum Gasteiger partial charge on any atom is 0.126 e. The van der Waals surface area contributed by atoms with Crippen molar-refractivity contribution in [3.63, 3.8) is 0 Å². The molecule has 1 atom stereocenters. The second-order valence-corrected chi connectivity index (χ2v) is 6.97. The van der Waals surface area contributed by atoms with Crippen molar-refractivity contribution >= 4 is 0 Å². The van der Waals surface area contributed by atoms with Crippen molar-refractivity contribution in [2.75, 3.05) is 0 Å². The Morgan fingerprint density at radius 2 is 1.86 bits per heavy atom. The van der Waals surface area contributed by atoms with Crippen LogP contribution in [0.4, 0.5) is 4.39 Å². The molecule has 1 aromatic carbocycles. The molecule has 0 amide bonds. The normalized spacial score (nSPS) is 28.1. The Morgan fingerprint density at radius 1 is 1.14 bits per heavy atom. The molecule has 0 heterocycles. The van der Waals surface area contributed by atoms with Crippen LogP contribution >= 0.6 is 0 Å². The highest BCUT2D eigenvalue weighted by atomic mass is 19.1. The maximum absolute atomic E-state index is 13.8. The van der Waals surface area contributed by atoms with Crippen LogP contribution < -0.4 is 5.32 Å². The average Bonchev–Trinajstić information content (AvgIpc) is 2.48. The number of benzene rings is 1. The molecule has 2 aliphatic carbocycles. The van der Waals surface area contributed by atoms with E-state index < -0.39 is 0 Å². The SMILES string of the molecule is CCC(NC1CC(c2ccccc2F)C1)C1CCCCC1. The van der Waals surface area contributed by atoms with Gasteiger partial charge in [-0.2, -0.15) is 0 Å². The Bertz CT molecular complexity index is 447. The molecular formula is C19H28FN. The zero-order chi connectivity index (χ0) is 14.7. The van der Waals surface area contributed by atoms with Gasteiger partial charge >= 0.3 is 0 Å². The number of rotatable bonds is 5. The van der Waals surface area contributed by atoms with Crippen LogP contribution in [-0.2, 0) is 0 Å². The summed E-state index contributed by atoms with van der Waals surface area (Å²) in [5, 5.41) is 3.87. The van der Waals surface area contributed by atoms with Crippen LogP contribution in [0.1, 0.15) is 69.8 Å². The molecule has 1 N–H and O–H groups in total. The molecule has 0 bridgehead atoms. The summed E-state index contributed by atoms with van der Waals surface area (Å²) in [7, 11) is 0. The lowest BCUT2D eigenvalue weighted by Crippen LogP contribution is -2.48. The second kappa shape index (κ2) is 6.91. The highest BCUT2D eigenvalue weighted by Crippen LogP contribution is 2.39. The highest BCUT2D eigenvalue weighted by Gasteiger charge is 2.34. The standard InChI is InChI=1S/C19H28FN/c1-2-19(14-8-4-3-5-9-14)21-16-12-15(13-16)17-10-6-7-11-18(17)20/h6-7,10-11,14-16,19,21H,2-5,8-9,12-13H2,1H3. The fraction of sp³-hybridized carbons (Fsp3) is 0.684. The summed E-state index contributed by atoms with van der Waals surface area (Å²) in [6.07, 6.45) is 10.5. The molecule has 0 spiro atoms. The van der Waals surface area contributed by atoms with Gasteiger partial charge in [-0.15, -0.1) is 0 Å². The van der Waals surface area contributed by atoms with Crippen LogP contribution in [0.2, 0.25) is 0 Å². The van der Waals surface area contributed by atoms with Crippen molar-refractivity contribution in [1.29, 1.82) is 0 Å². The Hall–Kier alpha value is -0.890. The van der Waals surface area contributed by atoms with Crippen LogP contribution in [-0.4, -0.2) is 12.1 Å². The molecule has 116 valence electrons. The van der Waals surface area contributed by atoms with Gasteiger partial charge in [0, 0.05) is 12.1 Å². The number of hydrogen-bond acceptors (Lipinski definition) is 1. The van der Waals surface area contributed by atoms with Crippen molar-refractivity contribution in [2.45, 2.75) is 76.3 Å². The molecule has 1 aromatic rings. The monoisotopic (exact) mass is 289 g/mol. The van der Waals surface area contributed by atoms with Crippen LogP contribution in [0.25, 0.3) is 0 Å². The number of nitrogens with one attached hydrogen (secondary N) is 1. The Morgan fingerprint density at radius 3 is 2.52 bits per heavy atom. The largest absolute Gasteiger partial charge is 0.311 e. The third-order valence-corrected chi connectivity index (χ3v) is 5.59. The zero-order valence-corrected chi connectivity index (χ0v) is 13.2. The van der Waals surface area contributed by atoms with E-state index in [0.717, 1.165) is 24.3 Å². The summed E-state index contributed by atoms with van der Waals surface area (Å²) in [6, 6.07) is 8.56. The molecule has 21 heavy (non-hydrogen) atoms. The van der Waals surface area contributed by atoms with Crippen molar-refractivity contribution in [1.82, 2.24) is 5.32 Å². The molecule has 2 saturated carbocycles. The lowest BCUT2D eigenvalue weighted by atomic mass is 9.74. The van der Waals surface area contributed by atoms with Gasteiger partial charge in [-0.25, -0.2) is 4.39 Å². The lowest BCUT2D eigenvalue weighted by Gasteiger charge is -2.41. The predicted molar refractivity (Wildman–Crippen MR) is 86.0 cm³/mol. The average molecular weight is 289 g/mol. The summed E-state index contributed by atoms with van der Waals surface area (Å²) < 4.78 is 13.8. The minimum absolute atomic E-state index is 0.0275. The molecule has 0 radical (unpaired) electrons. The smallest absolute Gasteiger partial charge is 0.126 e. The van der Waals surface area contributed by atoms with Gasteiger partial charge in [-0.1, -0.05) is 44.4 Å². The van der Waals surface area contributed by atoms with E-state index in [1.807, 2.05) is 12.1 Å². The molecule has 0 aromatic heterocycles. The van der Waals surface area contributed by atoms with E-state index in [1.165, 1.54) is 38.5 Å². The van der Waals surface area contributed by atoms with Gasteiger partial charge in [0.2, 0.25) is 0 Å². The highest BCUT2D eigenvalue weighted by molar-refractivity contribution is 5.24. The van der Waals surface area contributed by atoms with Crippen LogP contribution in [0, 0.1) is 11.7 Å². The van der Waals surface area contributed by atoms with E-state index in [1.54, 1.807) is 12.1 Å². The van der Waals surface area contributed by atoms with Gasteiger partial charge < -0.3 is 5.32 Å². The van der Waals surface area contributed by atoms with Crippen LogP contribution in [0.15, 0.2) is 24.3 Å². The van der Waals surface area contributed by atoms with Crippen molar-refractivity contribution in [3.05, 3.63) is 35.6 Å². The molecule has 3 rings (SSSR count). The fourth-order valence-electron chi connectivity index (χ4n) is 4.24. The number of halogens is 1. The summed E-state index contributed by atoms with van der Waals surface area (Å²) in [5.41, 5.74) is 0.918. The fourth-order valence-corrected chi connectivity index (χ4v) is 4.24. The third kappa shape index (κ3) is 3.48. The minimum Gasteiger partial charge on any atom is -0.311 e. The first-order chi connectivity index (χ1) is 10.3. The van der Waals surface area contributed by atoms with Crippen LogP contribution in [0.3, 0.4) is 0 Å². The van der Waals surface area contributed by atoms with Gasteiger partial charge in [-0.3, -0.25) is 0 Å². The van der Waals surface area contributed by atoms with Gasteiger partial charge in [0.25, 0.3) is 0 Å². The topological polar surface area (TPSA) is 12.0 Å². The first-order valence-corrected chi connectivity index (χ1v) is 8.78. The summed E-state index contributed by atoms with van der Waals surface area (Å²) >= 11 is 0. The first kappa shape index (κ1) is 15.0. The third-order valence-electron chi connectivity index (χ3n) is 5.59. The summed E-state index contributed by atoms with van der Waals surface area (Å²) in [6.45, 7) is 2.30. The number of hydrogen-bond donors (Lipinski definition) is 1. The predicted octanol–water partition coefficient (Wildman–Crippen LogP) is 5.02. The van der Waals surface area contributed by atoms with E-state index in [4.69, 9.17) is 0 Å². The van der Waals surface area contributed by atoms with E-state index in [0.29, 0.717) is 18.0 Å². The van der Waals surface area contributed by atoms with Crippen molar-refractivity contribution in [2.24, 2.45) is 5.92 Å². The van der Waals surface area contributed by atoms with Crippen molar-refractivity contribution in [3.8, 4) is 0 Å². The lowest BCUT2D eigenvalue weighted by molar-refractivity contribution is 0.196. The van der Waals surface area contributed by atoms with E-state index in [2.05, 4.69) is 12.2 Å². The summed E-state index contributed by atoms with van der Waals surface area (Å²) in [5.74, 6) is 1.27. The molecule has 0 saturated heterocycles. The Labute approximate surface area is 128 Å². The minimum atomic E-state index is -0.0275. The van der Waals surface area contributed by atoms with Gasteiger partial charge in [-0.05, 0) is 55.6 Å². The Balaban J connectivity index is 1.50. The first-order valence-electron chi connectivity index (χ1n) is 8.78. The molecule has 0 aliphatic heterocycles. The second-order valence-electron chi connectivity index (χ2n) is 6.97. The van der Waals surface area contributed by atoms with E-state index in [-0.39, 0.29) is 5.82 Å². The molecule has 1 nitrogen and oxygen atoms in total. The van der Waals surface area contributed by atoms with Crippen molar-refractivity contribution < 1.29 is 4.39 Å². The maximum atomic E-state index is 13.8. The zero-order valence-electron chi connectivity index (χ0n) is 13.2. The van der Waals surface area contributed by atoms with E-state index in [9.17, 15) is 4.39 Å². The Kier molecular flexibility index (Phi) is 4.95. The quantitative estimate of drug-likeness (QED) is 0.802. The van der Waals surface area contributed by atoms with Gasteiger partial charge in [0.15, 0.2) is 0 Å².